The summed E-state index contributed by atoms with van der Waals surface area (Å²) in [5, 5.41) is 1.79. The second kappa shape index (κ2) is 9.73. The van der Waals surface area contributed by atoms with Crippen LogP contribution in [0.4, 0.5) is 5.69 Å². The Balaban J connectivity index is 0.00000256. The van der Waals surface area contributed by atoms with E-state index < -0.39 is 11.0 Å². The van der Waals surface area contributed by atoms with E-state index in [1.165, 1.54) is 32.1 Å². The van der Waals surface area contributed by atoms with Gasteiger partial charge in [0.2, 0.25) is 0 Å². The topological polar surface area (TPSA) is 92.9 Å². The van der Waals surface area contributed by atoms with Gasteiger partial charge in [0.05, 0.1) is 6.54 Å². The molecule has 0 spiro atoms. The fourth-order valence-electron chi connectivity index (χ4n) is 4.52. The normalized spacial score (nSPS) is 17.4. The highest BCUT2D eigenvalue weighted by Crippen LogP contribution is 2.32. The Morgan fingerprint density at radius 1 is 1.10 bits per heavy atom. The standard InChI is InChI=1S/C23H29N3O2S.H2O/c1-16-11-19(18-9-6-10-21(13-18)25-29(2)28)12-20-15-26(23(27)22(16)20)24-14-17-7-4-3-5-8-17;/h6,9-13,17,24-25H,3-5,7-8,14-15H2,1-2H3;1H2. The van der Waals surface area contributed by atoms with Crippen LogP contribution in [-0.2, 0) is 17.5 Å². The fraction of sp³-hybridized carbons (Fsp3) is 0.435. The SMILES string of the molecule is Cc1cc(-c2cccc(NS(C)=O)c2)cc2c1C(=O)N(NCC1CCCCC1)C2.O. The van der Waals surface area contributed by atoms with Crippen molar-refractivity contribution in [3.8, 4) is 11.1 Å². The highest BCUT2D eigenvalue weighted by atomic mass is 32.2. The summed E-state index contributed by atoms with van der Waals surface area (Å²) in [6.07, 6.45) is 8.10. The van der Waals surface area contributed by atoms with Crippen LogP contribution in [0.15, 0.2) is 36.4 Å². The summed E-state index contributed by atoms with van der Waals surface area (Å²) >= 11 is 0. The number of fused-ring (bicyclic) bond motifs is 1. The van der Waals surface area contributed by atoms with Crippen molar-refractivity contribution in [1.82, 2.24) is 10.4 Å². The van der Waals surface area contributed by atoms with E-state index in [1.54, 1.807) is 11.3 Å². The molecule has 1 heterocycles. The predicted molar refractivity (Wildman–Crippen MR) is 122 cm³/mol. The van der Waals surface area contributed by atoms with E-state index in [0.717, 1.165) is 40.0 Å². The lowest BCUT2D eigenvalue weighted by Gasteiger charge is -2.25. The smallest absolute Gasteiger partial charge is 0.268 e. The zero-order chi connectivity index (χ0) is 20.4. The van der Waals surface area contributed by atoms with Crippen molar-refractivity contribution in [2.45, 2.75) is 45.6 Å². The molecule has 0 saturated heterocycles. The number of benzene rings is 2. The summed E-state index contributed by atoms with van der Waals surface area (Å²) in [5.41, 5.74) is 9.26. The number of hydrogen-bond donors (Lipinski definition) is 2. The maximum Gasteiger partial charge on any atom is 0.268 e. The van der Waals surface area contributed by atoms with E-state index in [-0.39, 0.29) is 11.4 Å². The van der Waals surface area contributed by atoms with Crippen LogP contribution in [0.2, 0.25) is 0 Å². The van der Waals surface area contributed by atoms with Gasteiger partial charge in [0, 0.05) is 24.1 Å². The van der Waals surface area contributed by atoms with Gasteiger partial charge >= 0.3 is 0 Å². The highest BCUT2D eigenvalue weighted by molar-refractivity contribution is 7.85. The number of hydrazine groups is 1. The molecule has 2 aromatic carbocycles. The second-order valence-corrected chi connectivity index (χ2v) is 9.33. The average Bonchev–Trinajstić information content (AvgIpc) is 3.03. The Bertz CT molecular complexity index is 941. The number of amides is 1. The van der Waals surface area contributed by atoms with Crippen LogP contribution in [0.1, 0.15) is 53.6 Å². The van der Waals surface area contributed by atoms with Crippen LogP contribution in [-0.4, -0.2) is 33.4 Å². The summed E-state index contributed by atoms with van der Waals surface area (Å²) < 4.78 is 14.4. The molecular weight excluding hydrogens is 398 g/mol. The molecule has 2 aromatic rings. The lowest BCUT2D eigenvalue weighted by molar-refractivity contribution is 0.0663. The largest absolute Gasteiger partial charge is 0.412 e. The molecule has 0 radical (unpaired) electrons. The molecule has 1 aliphatic carbocycles. The van der Waals surface area contributed by atoms with Gasteiger partial charge < -0.3 is 10.2 Å². The summed E-state index contributed by atoms with van der Waals surface area (Å²) in [6, 6.07) is 12.1. The number of anilines is 1. The van der Waals surface area contributed by atoms with Crippen LogP contribution >= 0.6 is 0 Å². The number of aryl methyl sites for hydroxylation is 1. The second-order valence-electron chi connectivity index (χ2n) is 8.22. The lowest BCUT2D eigenvalue weighted by Crippen LogP contribution is -2.41. The van der Waals surface area contributed by atoms with Crippen molar-refractivity contribution in [2.24, 2.45) is 5.92 Å². The minimum Gasteiger partial charge on any atom is -0.412 e. The maximum absolute atomic E-state index is 12.9. The number of rotatable bonds is 6. The van der Waals surface area contributed by atoms with E-state index in [1.807, 2.05) is 31.2 Å². The van der Waals surface area contributed by atoms with E-state index >= 15 is 0 Å². The molecule has 0 aromatic heterocycles. The number of carbonyl (C=O) groups excluding carboxylic acids is 1. The number of nitrogens with zero attached hydrogens (tertiary/aromatic N) is 1. The third kappa shape index (κ3) is 4.91. The highest BCUT2D eigenvalue weighted by Gasteiger charge is 2.30. The van der Waals surface area contributed by atoms with Gasteiger partial charge in [-0.05, 0) is 66.1 Å². The summed E-state index contributed by atoms with van der Waals surface area (Å²) in [4.78, 5) is 12.9. The number of carbonyl (C=O) groups is 1. The van der Waals surface area contributed by atoms with Gasteiger partial charge in [0.25, 0.3) is 5.91 Å². The number of hydrogen-bond acceptors (Lipinski definition) is 3. The monoisotopic (exact) mass is 429 g/mol. The Kier molecular flexibility index (Phi) is 7.28. The Hall–Kier alpha value is -2.22. The van der Waals surface area contributed by atoms with Gasteiger partial charge in [-0.3, -0.25) is 9.80 Å². The minimum absolute atomic E-state index is 0. The van der Waals surface area contributed by atoms with Gasteiger partial charge in [-0.2, -0.15) is 0 Å². The maximum atomic E-state index is 12.9. The predicted octanol–water partition coefficient (Wildman–Crippen LogP) is 3.58. The Morgan fingerprint density at radius 2 is 1.87 bits per heavy atom. The van der Waals surface area contributed by atoms with Gasteiger partial charge in [-0.25, -0.2) is 9.63 Å². The van der Waals surface area contributed by atoms with Crippen LogP contribution in [0.3, 0.4) is 0 Å². The molecule has 1 atom stereocenters. The molecule has 162 valence electrons. The van der Waals surface area contributed by atoms with E-state index in [0.29, 0.717) is 12.5 Å². The van der Waals surface area contributed by atoms with Crippen molar-refractivity contribution in [1.29, 1.82) is 0 Å². The molecule has 30 heavy (non-hydrogen) atoms. The van der Waals surface area contributed by atoms with Crippen LogP contribution < -0.4 is 10.1 Å². The van der Waals surface area contributed by atoms with Gasteiger partial charge in [-0.1, -0.05) is 37.5 Å². The molecule has 4 N–H and O–H groups in total. The molecule has 6 nitrogen and oxygen atoms in total. The quantitative estimate of drug-likeness (QED) is 0.735. The van der Waals surface area contributed by atoms with E-state index in [2.05, 4.69) is 22.3 Å². The zero-order valence-corrected chi connectivity index (χ0v) is 18.5. The Labute approximate surface area is 180 Å². The first-order valence-corrected chi connectivity index (χ1v) is 12.0. The van der Waals surface area contributed by atoms with Crippen molar-refractivity contribution >= 4 is 22.6 Å². The molecule has 7 heteroatoms. The van der Waals surface area contributed by atoms with Gasteiger partial charge in [0.1, 0.15) is 11.0 Å². The molecule has 1 fully saturated rings. The molecule has 2 aliphatic rings. The molecule has 1 aliphatic heterocycles. The molecular formula is C23H31N3O3S. The first-order chi connectivity index (χ1) is 14.0. The van der Waals surface area contributed by atoms with Crippen molar-refractivity contribution in [2.75, 3.05) is 17.5 Å². The molecule has 1 amide bonds. The zero-order valence-electron chi connectivity index (χ0n) is 17.7. The van der Waals surface area contributed by atoms with Crippen molar-refractivity contribution in [3.63, 3.8) is 0 Å². The third-order valence-corrected chi connectivity index (χ3v) is 6.48. The third-order valence-electron chi connectivity index (χ3n) is 5.96. The first kappa shape index (κ1) is 22.5. The Morgan fingerprint density at radius 3 is 2.60 bits per heavy atom. The molecule has 0 bridgehead atoms. The number of nitrogens with one attached hydrogen (secondary N) is 2. The van der Waals surface area contributed by atoms with Gasteiger partial charge in [-0.15, -0.1) is 0 Å². The lowest BCUT2D eigenvalue weighted by atomic mass is 9.89. The average molecular weight is 430 g/mol. The molecule has 1 unspecified atom stereocenters. The van der Waals surface area contributed by atoms with Crippen molar-refractivity contribution < 1.29 is 14.5 Å². The summed E-state index contributed by atoms with van der Waals surface area (Å²) in [5.74, 6) is 0.757. The molecule has 1 saturated carbocycles. The van der Waals surface area contributed by atoms with E-state index in [4.69, 9.17) is 0 Å². The molecule has 4 rings (SSSR count). The van der Waals surface area contributed by atoms with Crippen LogP contribution in [0.25, 0.3) is 11.1 Å². The van der Waals surface area contributed by atoms with Crippen LogP contribution in [0, 0.1) is 12.8 Å². The van der Waals surface area contributed by atoms with Crippen molar-refractivity contribution in [3.05, 3.63) is 53.1 Å². The summed E-state index contributed by atoms with van der Waals surface area (Å²) in [7, 11) is -1.11. The first-order valence-electron chi connectivity index (χ1n) is 10.4. The van der Waals surface area contributed by atoms with Crippen LogP contribution in [0.5, 0.6) is 0 Å². The van der Waals surface area contributed by atoms with E-state index in [9.17, 15) is 9.00 Å². The summed E-state index contributed by atoms with van der Waals surface area (Å²) in [6.45, 7) is 3.49. The minimum atomic E-state index is -1.11. The van der Waals surface area contributed by atoms with Gasteiger partial charge in [0.15, 0.2) is 0 Å². The fourth-order valence-corrected chi connectivity index (χ4v) is 4.98.